The molecule has 0 aromatic carbocycles. The summed E-state index contributed by atoms with van der Waals surface area (Å²) >= 11 is 0. The van der Waals surface area contributed by atoms with Gasteiger partial charge in [0.1, 0.15) is 0 Å². The van der Waals surface area contributed by atoms with Crippen LogP contribution in [0.2, 0.25) is 0 Å². The van der Waals surface area contributed by atoms with Crippen molar-refractivity contribution in [1.29, 1.82) is 0 Å². The van der Waals surface area contributed by atoms with Gasteiger partial charge in [0.2, 0.25) is 0 Å². The smallest absolute Gasteiger partial charge is 0.260 e. The largest absolute Gasteiger partial charge is 0.377 e. The summed E-state index contributed by atoms with van der Waals surface area (Å²) in [5.74, 6) is 0. The molecule has 8 heteroatoms. The number of nitrogens with one attached hydrogen (secondary N) is 1. The van der Waals surface area contributed by atoms with E-state index in [1.54, 1.807) is 0 Å². The highest BCUT2D eigenvalue weighted by Crippen LogP contribution is 2.17. The van der Waals surface area contributed by atoms with Crippen LogP contribution in [0.5, 0.6) is 0 Å². The summed E-state index contributed by atoms with van der Waals surface area (Å²) < 4.78 is 31.8. The third-order valence-electron chi connectivity index (χ3n) is 3.91. The summed E-state index contributed by atoms with van der Waals surface area (Å²) in [5, 5.41) is 0.171. The number of hydrogen-bond donors (Lipinski definition) is 1. The van der Waals surface area contributed by atoms with Crippen LogP contribution in [-0.4, -0.2) is 73.0 Å². The van der Waals surface area contributed by atoms with Crippen LogP contribution in [0, 0.1) is 0 Å². The van der Waals surface area contributed by atoms with Gasteiger partial charge in [0, 0.05) is 39.3 Å². The van der Waals surface area contributed by atoms with E-state index in [1.807, 2.05) is 0 Å². The first-order valence-corrected chi connectivity index (χ1v) is 8.43. The number of imidazole rings is 1. The van der Waals surface area contributed by atoms with Gasteiger partial charge in [-0.05, 0) is 12.8 Å². The van der Waals surface area contributed by atoms with Gasteiger partial charge in [-0.1, -0.05) is 0 Å². The molecule has 2 aliphatic heterocycles. The molecule has 2 saturated heterocycles. The minimum atomic E-state index is -3.41. The van der Waals surface area contributed by atoms with Gasteiger partial charge in [-0.2, -0.15) is 4.31 Å². The number of aromatic amines is 1. The molecule has 0 spiro atoms. The van der Waals surface area contributed by atoms with E-state index in [-0.39, 0.29) is 5.03 Å². The minimum absolute atomic E-state index is 0.171. The second-order valence-electron chi connectivity index (χ2n) is 5.26. The Morgan fingerprint density at radius 1 is 1.35 bits per heavy atom. The summed E-state index contributed by atoms with van der Waals surface area (Å²) in [6.45, 7) is 4.33. The molecule has 112 valence electrons. The van der Waals surface area contributed by atoms with Gasteiger partial charge in [0.15, 0.2) is 5.03 Å². The highest BCUT2D eigenvalue weighted by atomic mass is 32.2. The van der Waals surface area contributed by atoms with Crippen LogP contribution in [0.15, 0.2) is 17.6 Å². The fourth-order valence-electron chi connectivity index (χ4n) is 2.75. The summed E-state index contributed by atoms with van der Waals surface area (Å²) in [6, 6.07) is 0. The number of nitrogens with zero attached hydrogens (tertiary/aromatic N) is 3. The number of H-pyrrole nitrogens is 1. The Hall–Kier alpha value is -0.960. The summed E-state index contributed by atoms with van der Waals surface area (Å²) in [6.07, 6.45) is 5.32. The molecule has 1 aromatic heterocycles. The predicted octanol–water partition coefficient (Wildman–Crippen LogP) is -0.105. The second kappa shape index (κ2) is 5.80. The monoisotopic (exact) mass is 300 g/mol. The number of rotatable bonds is 4. The van der Waals surface area contributed by atoms with Crippen LogP contribution in [0.1, 0.15) is 12.8 Å². The van der Waals surface area contributed by atoms with Crippen molar-refractivity contribution in [2.45, 2.75) is 24.0 Å². The van der Waals surface area contributed by atoms with Crippen LogP contribution >= 0.6 is 0 Å². The summed E-state index contributed by atoms with van der Waals surface area (Å²) in [7, 11) is -3.41. The van der Waals surface area contributed by atoms with Crippen molar-refractivity contribution in [3.63, 3.8) is 0 Å². The zero-order chi connectivity index (χ0) is 14.0. The van der Waals surface area contributed by atoms with Gasteiger partial charge >= 0.3 is 0 Å². The fourth-order valence-corrected chi connectivity index (χ4v) is 4.07. The average Bonchev–Trinajstić information content (AvgIpc) is 3.12. The molecule has 0 bridgehead atoms. The van der Waals surface area contributed by atoms with Crippen molar-refractivity contribution < 1.29 is 13.2 Å². The van der Waals surface area contributed by atoms with E-state index in [9.17, 15) is 8.42 Å². The van der Waals surface area contributed by atoms with E-state index in [1.165, 1.54) is 16.8 Å². The highest BCUT2D eigenvalue weighted by Gasteiger charge is 2.30. The molecule has 0 radical (unpaired) electrons. The zero-order valence-corrected chi connectivity index (χ0v) is 12.2. The topological polar surface area (TPSA) is 78.5 Å². The van der Waals surface area contributed by atoms with Gasteiger partial charge in [-0.25, -0.2) is 13.4 Å². The number of ether oxygens (including phenoxy) is 1. The quantitative estimate of drug-likeness (QED) is 0.840. The van der Waals surface area contributed by atoms with Crippen LogP contribution in [-0.2, 0) is 14.8 Å². The number of hydrogen-bond acceptors (Lipinski definition) is 5. The molecule has 7 nitrogen and oxygen atoms in total. The van der Waals surface area contributed by atoms with Crippen LogP contribution in [0.3, 0.4) is 0 Å². The van der Waals surface area contributed by atoms with Crippen molar-refractivity contribution in [2.24, 2.45) is 0 Å². The number of aromatic nitrogens is 2. The SMILES string of the molecule is O=S(=O)(c1cnc[nH]1)N1CCN(CC2CCCO2)CC1. The van der Waals surface area contributed by atoms with Crippen LogP contribution in [0.4, 0.5) is 0 Å². The van der Waals surface area contributed by atoms with Gasteiger partial charge in [0.25, 0.3) is 10.0 Å². The lowest BCUT2D eigenvalue weighted by Crippen LogP contribution is -2.50. The second-order valence-corrected chi connectivity index (χ2v) is 7.16. The predicted molar refractivity (Wildman–Crippen MR) is 72.8 cm³/mol. The zero-order valence-electron chi connectivity index (χ0n) is 11.4. The van der Waals surface area contributed by atoms with Crippen molar-refractivity contribution in [3.05, 3.63) is 12.5 Å². The molecular weight excluding hydrogens is 280 g/mol. The molecule has 0 aliphatic carbocycles. The lowest BCUT2D eigenvalue weighted by atomic mass is 10.2. The Kier molecular flexibility index (Phi) is 4.06. The Bertz CT molecular complexity index is 517. The first-order chi connectivity index (χ1) is 9.66. The molecule has 3 rings (SSSR count). The molecule has 1 N–H and O–H groups in total. The standard InChI is InChI=1S/C12H20N4O3S/c17-20(18,12-8-13-10-14-12)16-5-3-15(4-6-16)9-11-2-1-7-19-11/h8,10-11H,1-7,9H2,(H,13,14). The molecule has 20 heavy (non-hydrogen) atoms. The first kappa shape index (κ1) is 14.0. The lowest BCUT2D eigenvalue weighted by molar-refractivity contribution is 0.0617. The fraction of sp³-hybridized carbons (Fsp3) is 0.750. The van der Waals surface area contributed by atoms with Crippen molar-refractivity contribution >= 4 is 10.0 Å². The number of sulfonamides is 1. The molecule has 0 amide bonds. The maximum Gasteiger partial charge on any atom is 0.260 e. The van der Waals surface area contributed by atoms with Crippen molar-refractivity contribution in [1.82, 2.24) is 19.2 Å². The van der Waals surface area contributed by atoms with Gasteiger partial charge in [0.05, 0.1) is 18.6 Å². The van der Waals surface area contributed by atoms with Crippen LogP contribution < -0.4 is 0 Å². The average molecular weight is 300 g/mol. The first-order valence-electron chi connectivity index (χ1n) is 6.99. The molecule has 1 aromatic rings. The molecule has 0 saturated carbocycles. The Morgan fingerprint density at radius 3 is 2.75 bits per heavy atom. The van der Waals surface area contributed by atoms with E-state index in [0.29, 0.717) is 19.2 Å². The Balaban J connectivity index is 1.55. The maximum atomic E-state index is 12.3. The van der Waals surface area contributed by atoms with E-state index >= 15 is 0 Å². The minimum Gasteiger partial charge on any atom is -0.377 e. The van der Waals surface area contributed by atoms with E-state index in [2.05, 4.69) is 14.9 Å². The van der Waals surface area contributed by atoms with Crippen molar-refractivity contribution in [2.75, 3.05) is 39.3 Å². The summed E-state index contributed by atoms with van der Waals surface area (Å²) in [4.78, 5) is 8.74. The molecule has 2 aliphatic rings. The van der Waals surface area contributed by atoms with Gasteiger partial charge in [-0.3, -0.25) is 4.90 Å². The Morgan fingerprint density at radius 2 is 2.15 bits per heavy atom. The maximum absolute atomic E-state index is 12.3. The van der Waals surface area contributed by atoms with E-state index in [0.717, 1.165) is 39.1 Å². The third kappa shape index (κ3) is 2.88. The molecular formula is C12H20N4O3S. The lowest BCUT2D eigenvalue weighted by Gasteiger charge is -2.34. The molecule has 1 atom stereocenters. The normalized spacial score (nSPS) is 26.1. The highest BCUT2D eigenvalue weighted by molar-refractivity contribution is 7.89. The van der Waals surface area contributed by atoms with Crippen molar-refractivity contribution in [3.8, 4) is 0 Å². The molecule has 1 unspecified atom stereocenters. The molecule has 3 heterocycles. The van der Waals surface area contributed by atoms with E-state index in [4.69, 9.17) is 4.74 Å². The van der Waals surface area contributed by atoms with Gasteiger partial charge in [-0.15, -0.1) is 0 Å². The van der Waals surface area contributed by atoms with Crippen LogP contribution in [0.25, 0.3) is 0 Å². The van der Waals surface area contributed by atoms with Gasteiger partial charge < -0.3 is 9.72 Å². The third-order valence-corrected chi connectivity index (χ3v) is 5.73. The number of piperazine rings is 1. The van der Waals surface area contributed by atoms with E-state index < -0.39 is 10.0 Å². The summed E-state index contributed by atoms with van der Waals surface area (Å²) in [5.41, 5.74) is 0. The Labute approximate surface area is 119 Å². The molecule has 2 fully saturated rings.